The zero-order chi connectivity index (χ0) is 26.4. The summed E-state index contributed by atoms with van der Waals surface area (Å²) < 4.78 is 18.2. The number of imidazole rings is 1. The van der Waals surface area contributed by atoms with Crippen LogP contribution in [0.5, 0.6) is 0 Å². The van der Waals surface area contributed by atoms with Gasteiger partial charge in [0.15, 0.2) is 5.65 Å². The minimum absolute atomic E-state index is 0.236. The van der Waals surface area contributed by atoms with Crippen molar-refractivity contribution in [3.05, 3.63) is 82.2 Å². The zero-order valence-electron chi connectivity index (χ0n) is 21.0. The van der Waals surface area contributed by atoms with E-state index in [9.17, 15) is 4.79 Å². The van der Waals surface area contributed by atoms with Gasteiger partial charge in [-0.3, -0.25) is 14.1 Å². The number of rotatable bonds is 5. The van der Waals surface area contributed by atoms with E-state index >= 15 is 4.39 Å². The number of aromatic nitrogens is 5. The highest BCUT2D eigenvalue weighted by Gasteiger charge is 2.21. The van der Waals surface area contributed by atoms with E-state index in [0.717, 1.165) is 26.2 Å². The Hall–Kier alpha value is -4.02. The predicted octanol–water partition coefficient (Wildman–Crippen LogP) is 4.49. The number of piperazine rings is 1. The van der Waals surface area contributed by atoms with E-state index in [0.29, 0.717) is 44.9 Å². The minimum Gasteiger partial charge on any atom is -0.367 e. The molecule has 6 rings (SSSR count). The summed E-state index contributed by atoms with van der Waals surface area (Å²) in [5.74, 6) is 0.293. The smallest absolute Gasteiger partial charge is 0.270 e. The molecule has 3 aromatic heterocycles. The van der Waals surface area contributed by atoms with Gasteiger partial charge in [-0.05, 0) is 44.2 Å². The molecule has 11 heteroatoms. The Morgan fingerprint density at radius 3 is 2.55 bits per heavy atom. The van der Waals surface area contributed by atoms with Crippen LogP contribution in [0.1, 0.15) is 13.8 Å². The summed E-state index contributed by atoms with van der Waals surface area (Å²) in [6.45, 7) is 7.73. The number of para-hydroxylation sites is 1. The highest BCUT2D eigenvalue weighted by atomic mass is 35.5. The number of benzene rings is 2. The van der Waals surface area contributed by atoms with Crippen LogP contribution in [0.3, 0.4) is 0 Å². The maximum atomic E-state index is 15.1. The number of fused-ring (bicyclic) bond motifs is 3. The Morgan fingerprint density at radius 1 is 1.03 bits per heavy atom. The third-order valence-electron chi connectivity index (χ3n) is 6.93. The monoisotopic (exact) mass is 532 g/mol. The summed E-state index contributed by atoms with van der Waals surface area (Å²) >= 11 is 6.38. The molecule has 0 bridgehead atoms. The van der Waals surface area contributed by atoms with Crippen LogP contribution in [0.15, 0.2) is 65.8 Å². The molecule has 0 radical (unpaired) electrons. The minimum atomic E-state index is -0.341. The molecule has 1 fully saturated rings. The van der Waals surface area contributed by atoms with Crippen molar-refractivity contribution in [3.8, 4) is 5.69 Å². The lowest BCUT2D eigenvalue weighted by molar-refractivity contribution is 0.209. The topological polar surface area (TPSA) is 83.6 Å². The van der Waals surface area contributed by atoms with Crippen LogP contribution in [0.4, 0.5) is 21.7 Å². The predicted molar refractivity (Wildman–Crippen MR) is 147 cm³/mol. The van der Waals surface area contributed by atoms with Crippen molar-refractivity contribution in [3.63, 3.8) is 0 Å². The van der Waals surface area contributed by atoms with Crippen molar-refractivity contribution < 1.29 is 4.39 Å². The van der Waals surface area contributed by atoms with Crippen LogP contribution in [0, 0.1) is 5.82 Å². The van der Waals surface area contributed by atoms with Gasteiger partial charge in [-0.1, -0.05) is 23.7 Å². The normalized spacial score (nSPS) is 14.6. The van der Waals surface area contributed by atoms with Gasteiger partial charge in [-0.25, -0.2) is 18.9 Å². The highest BCUT2D eigenvalue weighted by Crippen LogP contribution is 2.26. The molecular weight excluding hydrogens is 507 g/mol. The van der Waals surface area contributed by atoms with E-state index < -0.39 is 0 Å². The Bertz CT molecular complexity index is 1710. The molecule has 1 aliphatic rings. The van der Waals surface area contributed by atoms with Crippen molar-refractivity contribution in [2.45, 2.75) is 19.9 Å². The molecule has 1 saturated heterocycles. The van der Waals surface area contributed by atoms with E-state index in [4.69, 9.17) is 11.6 Å². The molecule has 0 spiro atoms. The molecule has 0 atom stereocenters. The van der Waals surface area contributed by atoms with Crippen molar-refractivity contribution in [1.82, 2.24) is 28.8 Å². The fourth-order valence-electron chi connectivity index (χ4n) is 4.90. The van der Waals surface area contributed by atoms with Crippen molar-refractivity contribution >= 4 is 45.7 Å². The standard InChI is InChI=1S/C27H26ClFN8O/c1-17(2)34-11-13-35(14-12-34)23-8-7-18(15-21(23)29)32-26-31-16-19-24(33-26)36-10-9-30-27(36)37(25(19)38)22-6-4-3-5-20(22)28/h3-10,15-17H,11-14H2,1-2H3,(H,31,32,33). The van der Waals surface area contributed by atoms with E-state index in [-0.39, 0.29) is 17.3 Å². The van der Waals surface area contributed by atoms with Gasteiger partial charge in [0.05, 0.1) is 16.4 Å². The summed E-state index contributed by atoms with van der Waals surface area (Å²) in [5.41, 5.74) is 1.65. The SMILES string of the molecule is CC(C)N1CCN(c2ccc(Nc3ncc4c(=O)n(-c5ccccc5Cl)c5nccn5c4n3)cc2F)CC1. The second-order valence-corrected chi connectivity index (χ2v) is 9.94. The van der Waals surface area contributed by atoms with E-state index in [1.807, 2.05) is 6.07 Å². The highest BCUT2D eigenvalue weighted by molar-refractivity contribution is 6.32. The number of hydrogen-bond acceptors (Lipinski definition) is 7. The van der Waals surface area contributed by atoms with E-state index in [1.54, 1.807) is 47.1 Å². The molecule has 4 heterocycles. The number of anilines is 3. The van der Waals surface area contributed by atoms with Gasteiger partial charge in [0.1, 0.15) is 11.2 Å². The van der Waals surface area contributed by atoms with Crippen molar-refractivity contribution in [1.29, 1.82) is 0 Å². The number of nitrogens with zero attached hydrogens (tertiary/aromatic N) is 7. The first-order valence-corrected chi connectivity index (χ1v) is 12.8. The molecule has 2 aromatic carbocycles. The fraction of sp³-hybridized carbons (Fsp3) is 0.259. The first kappa shape index (κ1) is 24.3. The van der Waals surface area contributed by atoms with Crippen LogP contribution in [-0.4, -0.2) is 61.0 Å². The Labute approximate surface area is 223 Å². The van der Waals surface area contributed by atoms with Gasteiger partial charge in [0, 0.05) is 56.5 Å². The van der Waals surface area contributed by atoms with Gasteiger partial charge < -0.3 is 10.2 Å². The largest absolute Gasteiger partial charge is 0.367 e. The third-order valence-corrected chi connectivity index (χ3v) is 7.25. The lowest BCUT2D eigenvalue weighted by Gasteiger charge is -2.38. The van der Waals surface area contributed by atoms with Crippen molar-refractivity contribution in [2.75, 3.05) is 36.4 Å². The fourth-order valence-corrected chi connectivity index (χ4v) is 5.13. The quantitative estimate of drug-likeness (QED) is 0.357. The second-order valence-electron chi connectivity index (χ2n) is 9.53. The Kier molecular flexibility index (Phi) is 6.21. The third kappa shape index (κ3) is 4.25. The maximum absolute atomic E-state index is 15.1. The Morgan fingerprint density at radius 2 is 1.82 bits per heavy atom. The molecule has 1 aliphatic heterocycles. The number of nitrogens with one attached hydrogen (secondary N) is 1. The lowest BCUT2D eigenvalue weighted by atomic mass is 10.2. The van der Waals surface area contributed by atoms with Crippen LogP contribution in [0.25, 0.3) is 22.5 Å². The first-order chi connectivity index (χ1) is 18.4. The molecule has 0 amide bonds. The molecule has 9 nitrogen and oxygen atoms in total. The van der Waals surface area contributed by atoms with E-state index in [1.165, 1.54) is 16.8 Å². The summed E-state index contributed by atoms with van der Waals surface area (Å²) in [6.07, 6.45) is 4.76. The average molecular weight is 533 g/mol. The zero-order valence-corrected chi connectivity index (χ0v) is 21.7. The molecule has 1 N–H and O–H groups in total. The average Bonchev–Trinajstić information content (AvgIpc) is 3.40. The van der Waals surface area contributed by atoms with Crippen LogP contribution < -0.4 is 15.8 Å². The maximum Gasteiger partial charge on any atom is 0.270 e. The Balaban J connectivity index is 1.31. The molecule has 38 heavy (non-hydrogen) atoms. The van der Waals surface area contributed by atoms with Crippen molar-refractivity contribution in [2.24, 2.45) is 0 Å². The first-order valence-electron chi connectivity index (χ1n) is 12.5. The van der Waals surface area contributed by atoms with Gasteiger partial charge in [0.2, 0.25) is 11.7 Å². The van der Waals surface area contributed by atoms with Crippen LogP contribution in [-0.2, 0) is 0 Å². The summed E-state index contributed by atoms with van der Waals surface area (Å²) in [7, 11) is 0. The van der Waals surface area contributed by atoms with E-state index in [2.05, 4.69) is 43.9 Å². The number of halogens is 2. The molecule has 0 unspecified atom stereocenters. The molecule has 194 valence electrons. The summed E-state index contributed by atoms with van der Waals surface area (Å²) in [5, 5.41) is 3.78. The summed E-state index contributed by atoms with van der Waals surface area (Å²) in [4.78, 5) is 31.2. The van der Waals surface area contributed by atoms with Gasteiger partial charge in [0.25, 0.3) is 5.56 Å². The number of hydrogen-bond donors (Lipinski definition) is 1. The molecule has 5 aromatic rings. The molecular formula is C27H26ClFN8O. The van der Waals surface area contributed by atoms with Crippen LogP contribution in [0.2, 0.25) is 5.02 Å². The summed E-state index contributed by atoms with van der Waals surface area (Å²) in [6, 6.07) is 12.6. The van der Waals surface area contributed by atoms with Gasteiger partial charge >= 0.3 is 0 Å². The second kappa shape index (κ2) is 9.70. The van der Waals surface area contributed by atoms with Gasteiger partial charge in [-0.2, -0.15) is 4.98 Å². The molecule has 0 aliphatic carbocycles. The molecule has 0 saturated carbocycles. The van der Waals surface area contributed by atoms with Crippen LogP contribution >= 0.6 is 11.6 Å². The lowest BCUT2D eigenvalue weighted by Crippen LogP contribution is -2.49. The van der Waals surface area contributed by atoms with Gasteiger partial charge in [-0.15, -0.1) is 0 Å².